The molecule has 1 unspecified atom stereocenters. The first-order chi connectivity index (χ1) is 24.7. The normalized spacial score (nSPS) is 21.5. The number of aromatic nitrogens is 3. The van der Waals surface area contributed by atoms with Gasteiger partial charge in [-0.15, -0.1) is 11.3 Å². The van der Waals surface area contributed by atoms with Gasteiger partial charge < -0.3 is 14.2 Å². The lowest BCUT2D eigenvalue weighted by atomic mass is 9.86. The highest BCUT2D eigenvalue weighted by Gasteiger charge is 2.44. The molecule has 2 atom stereocenters. The number of halogens is 3. The van der Waals surface area contributed by atoms with E-state index in [4.69, 9.17) is 4.74 Å². The number of piperazine rings is 1. The molecule has 3 aromatic heterocycles. The van der Waals surface area contributed by atoms with Crippen LogP contribution in [-0.2, 0) is 29.7 Å². The predicted octanol–water partition coefficient (Wildman–Crippen LogP) is 4.51. The Labute approximate surface area is 305 Å². The van der Waals surface area contributed by atoms with E-state index in [-0.39, 0.29) is 22.3 Å². The van der Waals surface area contributed by atoms with Crippen molar-refractivity contribution < 1.29 is 26.3 Å². The lowest BCUT2D eigenvalue weighted by Crippen LogP contribution is -2.54. The second-order valence-electron chi connectivity index (χ2n) is 14.4. The van der Waals surface area contributed by atoms with Crippen molar-refractivity contribution in [3.8, 4) is 12.1 Å². The molecular weight excluding hydrogens is 716 g/mol. The van der Waals surface area contributed by atoms with Crippen LogP contribution in [0.2, 0.25) is 0 Å². The molecule has 52 heavy (non-hydrogen) atoms. The zero-order valence-electron chi connectivity index (χ0n) is 29.8. The molecule has 3 aliphatic heterocycles. The number of hydrogen-bond acceptors (Lipinski definition) is 10. The number of nitrogens with zero attached hydrogens (tertiary/aromatic N) is 8. The van der Waals surface area contributed by atoms with E-state index < -0.39 is 22.8 Å². The standard InChI is InChI=1S/C35H44F3N9O3S2/c1-23(44-11-13-46(14-12-44)52(48,49)40-3)19-47-26(18-39)15-28-24(2)25(5-6-30(28)47)20-43-9-7-34(21-43)8-10-45(22-34)31-29-16-27(17-35(36,37)38)51-32(29)42-33(41-31)50-4/h5-6,15-16,23,40H,7-14,17,19-22H2,1-4H3/t23-,34?/m0/s1. The van der Waals surface area contributed by atoms with Crippen LogP contribution >= 0.6 is 11.3 Å². The molecule has 0 saturated carbocycles. The van der Waals surface area contributed by atoms with Gasteiger partial charge in [-0.2, -0.15) is 41.1 Å². The van der Waals surface area contributed by atoms with E-state index in [0.29, 0.717) is 54.5 Å². The lowest BCUT2D eigenvalue weighted by Gasteiger charge is -2.37. The quantitative estimate of drug-likeness (QED) is 0.249. The number of nitrogens with one attached hydrogen (secondary N) is 1. The summed E-state index contributed by atoms with van der Waals surface area (Å²) in [6.45, 7) is 11.1. The minimum absolute atomic E-state index is 0.0451. The SMILES string of the molecule is CNS(=O)(=O)N1CCN([C@@H](C)Cn2c(C#N)cc3c(C)c(CN4CCC5(CCN(c6nc(OC)nc7sc(CC(F)(F)F)cc67)C5)C4)ccc32)CC1. The molecule has 3 saturated heterocycles. The number of anilines is 1. The molecule has 1 N–H and O–H groups in total. The first-order valence-corrected chi connectivity index (χ1v) is 19.8. The lowest BCUT2D eigenvalue weighted by molar-refractivity contribution is -0.126. The van der Waals surface area contributed by atoms with E-state index in [9.17, 15) is 26.9 Å². The Hall–Kier alpha value is -3.53. The van der Waals surface area contributed by atoms with Crippen molar-refractivity contribution in [3.63, 3.8) is 0 Å². The number of fused-ring (bicyclic) bond motifs is 2. The Balaban J connectivity index is 1.03. The molecule has 4 aromatic rings. The fraction of sp³-hybridized carbons (Fsp3) is 0.571. The summed E-state index contributed by atoms with van der Waals surface area (Å²) in [5, 5.41) is 11.8. The van der Waals surface area contributed by atoms with Crippen molar-refractivity contribution in [1.82, 2.24) is 33.4 Å². The summed E-state index contributed by atoms with van der Waals surface area (Å²) in [6.07, 6.45) is -3.32. The fourth-order valence-electron chi connectivity index (χ4n) is 8.28. The van der Waals surface area contributed by atoms with Gasteiger partial charge in [-0.3, -0.25) is 9.80 Å². The molecule has 0 amide bonds. The van der Waals surface area contributed by atoms with E-state index in [0.717, 1.165) is 73.4 Å². The van der Waals surface area contributed by atoms with Crippen LogP contribution in [0.5, 0.6) is 6.01 Å². The number of nitriles is 1. The second-order valence-corrected chi connectivity index (χ2v) is 17.4. The first-order valence-electron chi connectivity index (χ1n) is 17.5. The molecule has 17 heteroatoms. The third-order valence-electron chi connectivity index (χ3n) is 11.1. The molecule has 280 valence electrons. The number of likely N-dealkylation sites (tertiary alicyclic amines) is 1. The first kappa shape index (κ1) is 36.8. The molecule has 6 heterocycles. The van der Waals surface area contributed by atoms with Gasteiger partial charge in [-0.05, 0) is 62.6 Å². The number of alkyl halides is 3. The maximum atomic E-state index is 13.2. The van der Waals surface area contributed by atoms with Crippen LogP contribution < -0.4 is 14.4 Å². The number of ether oxygens (including phenoxy) is 1. The maximum Gasteiger partial charge on any atom is 0.393 e. The zero-order valence-corrected chi connectivity index (χ0v) is 31.5. The van der Waals surface area contributed by atoms with Crippen LogP contribution in [0.25, 0.3) is 21.1 Å². The topological polar surface area (TPSA) is 123 Å². The Kier molecular flexibility index (Phi) is 9.93. The minimum atomic E-state index is -4.30. The van der Waals surface area contributed by atoms with Crippen LogP contribution in [0.3, 0.4) is 0 Å². The Morgan fingerprint density at radius 3 is 2.52 bits per heavy atom. The van der Waals surface area contributed by atoms with Crippen molar-refractivity contribution in [2.45, 2.75) is 58.4 Å². The van der Waals surface area contributed by atoms with Gasteiger partial charge in [0.05, 0.1) is 18.9 Å². The Morgan fingerprint density at radius 1 is 1.08 bits per heavy atom. The van der Waals surface area contributed by atoms with Gasteiger partial charge in [0.1, 0.15) is 22.4 Å². The minimum Gasteiger partial charge on any atom is -0.467 e. The summed E-state index contributed by atoms with van der Waals surface area (Å²) in [4.78, 5) is 16.6. The molecule has 1 aromatic carbocycles. The van der Waals surface area contributed by atoms with Crippen molar-refractivity contribution in [3.05, 3.63) is 46.0 Å². The molecule has 0 aliphatic carbocycles. The van der Waals surface area contributed by atoms with Crippen molar-refractivity contribution in [2.24, 2.45) is 5.41 Å². The molecule has 7 rings (SSSR count). The monoisotopic (exact) mass is 759 g/mol. The Morgan fingerprint density at radius 2 is 1.83 bits per heavy atom. The number of methoxy groups -OCH3 is 1. The molecule has 1 spiro atoms. The molecule has 0 radical (unpaired) electrons. The second kappa shape index (κ2) is 14.0. The highest BCUT2D eigenvalue weighted by atomic mass is 32.2. The number of benzene rings is 1. The fourth-order valence-corrected chi connectivity index (χ4v) is 10.2. The summed E-state index contributed by atoms with van der Waals surface area (Å²) < 4.78 is 75.3. The number of hydrogen-bond donors (Lipinski definition) is 1. The van der Waals surface area contributed by atoms with E-state index in [1.807, 2.05) is 6.07 Å². The average molecular weight is 760 g/mol. The third-order valence-corrected chi connectivity index (χ3v) is 13.7. The predicted molar refractivity (Wildman–Crippen MR) is 195 cm³/mol. The van der Waals surface area contributed by atoms with Crippen LogP contribution in [-0.4, -0.2) is 116 Å². The molecule has 0 bridgehead atoms. The van der Waals surface area contributed by atoms with Crippen LogP contribution in [0, 0.1) is 23.7 Å². The molecule has 12 nitrogen and oxygen atoms in total. The van der Waals surface area contributed by atoms with Gasteiger partial charge >= 0.3 is 12.2 Å². The molecule has 3 aliphatic rings. The summed E-state index contributed by atoms with van der Waals surface area (Å²) in [5.41, 5.74) is 4.04. The van der Waals surface area contributed by atoms with Crippen molar-refractivity contribution in [1.29, 1.82) is 5.26 Å². The van der Waals surface area contributed by atoms with E-state index >= 15 is 0 Å². The molecular formula is C35H44F3N9O3S2. The average Bonchev–Trinajstić information content (AvgIpc) is 3.90. The van der Waals surface area contributed by atoms with E-state index in [1.165, 1.54) is 24.0 Å². The van der Waals surface area contributed by atoms with Crippen LogP contribution in [0.15, 0.2) is 24.3 Å². The van der Waals surface area contributed by atoms with Crippen LogP contribution in [0.4, 0.5) is 19.0 Å². The van der Waals surface area contributed by atoms with E-state index in [2.05, 4.69) is 66.0 Å². The van der Waals surface area contributed by atoms with Gasteiger partial charge in [0.25, 0.3) is 10.2 Å². The number of aryl methyl sites for hydroxylation is 1. The summed E-state index contributed by atoms with van der Waals surface area (Å²) in [6, 6.07) is 10.5. The van der Waals surface area contributed by atoms with Crippen molar-refractivity contribution >= 4 is 48.5 Å². The zero-order chi connectivity index (χ0) is 37.0. The largest absolute Gasteiger partial charge is 0.467 e. The number of rotatable bonds is 10. The smallest absolute Gasteiger partial charge is 0.393 e. The summed E-state index contributed by atoms with van der Waals surface area (Å²) in [7, 11) is -0.550. The molecule has 3 fully saturated rings. The van der Waals surface area contributed by atoms with Crippen molar-refractivity contribution in [2.75, 3.05) is 71.4 Å². The van der Waals surface area contributed by atoms with Gasteiger partial charge in [0.2, 0.25) is 0 Å². The number of thiophene rings is 1. The van der Waals surface area contributed by atoms with Gasteiger partial charge in [-0.25, -0.2) is 4.72 Å². The highest BCUT2D eigenvalue weighted by molar-refractivity contribution is 7.87. The summed E-state index contributed by atoms with van der Waals surface area (Å²) >= 11 is 1.04. The van der Waals surface area contributed by atoms with Gasteiger partial charge in [0, 0.05) is 93.2 Å². The Bertz CT molecular complexity index is 2120. The van der Waals surface area contributed by atoms with Gasteiger partial charge in [0.15, 0.2) is 0 Å². The van der Waals surface area contributed by atoms with E-state index in [1.54, 1.807) is 6.07 Å². The maximum absolute atomic E-state index is 13.2. The van der Waals surface area contributed by atoms with Crippen LogP contribution in [0.1, 0.15) is 41.5 Å². The van der Waals surface area contributed by atoms with Gasteiger partial charge in [-0.1, -0.05) is 6.07 Å². The third kappa shape index (κ3) is 7.21. The summed E-state index contributed by atoms with van der Waals surface area (Å²) in [5.74, 6) is 0.638. The highest BCUT2D eigenvalue weighted by Crippen LogP contribution is 2.44.